The Labute approximate surface area is 434 Å². The Bertz CT molecular complexity index is 4190. The quantitative estimate of drug-likeness (QED) is 0.163. The summed E-state index contributed by atoms with van der Waals surface area (Å²) < 4.78 is 2.56. The zero-order valence-electron chi connectivity index (χ0n) is 40.4. The van der Waals surface area contributed by atoms with E-state index in [9.17, 15) is 0 Å². The lowest BCUT2D eigenvalue weighted by molar-refractivity contribution is 0.660. The minimum atomic E-state index is -0.671. The molecule has 0 N–H and O–H groups in total. The van der Waals surface area contributed by atoms with Gasteiger partial charge in [-0.3, -0.25) is 0 Å². The number of hydrogen-bond donors (Lipinski definition) is 0. The maximum absolute atomic E-state index is 2.63. The Morgan fingerprint density at radius 1 is 0.370 bits per heavy atom. The summed E-state index contributed by atoms with van der Waals surface area (Å²) in [5.74, 6) is 0. The first-order valence-corrected chi connectivity index (χ1v) is 27.0. The molecule has 0 saturated carbocycles. The van der Waals surface area contributed by atoms with E-state index in [4.69, 9.17) is 0 Å². The summed E-state index contributed by atoms with van der Waals surface area (Å²) in [6.07, 6.45) is 0. The van der Waals surface area contributed by atoms with Gasteiger partial charge in [0.05, 0.1) is 16.8 Å². The fourth-order valence-electron chi connectivity index (χ4n) is 13.0. The SMILES string of the molecule is CC1(C)c2ccccc2-c2c(-c3ccc(N(c4cccc(-c5cccc(-c6ccccc6)c5)c4)c4cccc5sc6ccccc6c45)c4c3Sc3ccccc3C43c4ccccc4-c4ccccc43)cccc21. The van der Waals surface area contributed by atoms with Gasteiger partial charge in [-0.1, -0.05) is 226 Å². The molecular weight excluding hydrogens is 919 g/mol. The average Bonchev–Trinajstić information content (AvgIpc) is 4.07. The standard InChI is InChI=1S/C70H47NS2/c1-69(2)55-31-10-8-28-53(55)65-51(30-18-35-59(65)69)52-40-41-61(67-68(52)73-63-38-15-13-34-58(63)70(67)56-32-11-6-26-49(56)50-27-7-12-33-57(50)70)71(60-36-19-39-64-66(60)54-29-9-14-37-62(54)72-64)48-25-17-24-47(43-48)46-23-16-22-45(42-46)44-20-4-3-5-21-44/h3-43H,1-2H3. The predicted molar refractivity (Wildman–Crippen MR) is 309 cm³/mol. The second-order valence-corrected chi connectivity index (χ2v) is 22.4. The van der Waals surface area contributed by atoms with Crippen molar-refractivity contribution in [2.75, 3.05) is 4.90 Å². The third kappa shape index (κ3) is 6.10. The number of thiophene rings is 1. The minimum Gasteiger partial charge on any atom is -0.309 e. The van der Waals surface area contributed by atoms with Crippen molar-refractivity contribution in [1.29, 1.82) is 0 Å². The Balaban J connectivity index is 1.09. The van der Waals surface area contributed by atoms with Crippen LogP contribution in [0, 0.1) is 0 Å². The molecule has 11 aromatic carbocycles. The van der Waals surface area contributed by atoms with Crippen molar-refractivity contribution >= 4 is 60.3 Å². The van der Waals surface area contributed by atoms with Crippen molar-refractivity contribution in [3.8, 4) is 55.6 Å². The van der Waals surface area contributed by atoms with Gasteiger partial charge in [0.15, 0.2) is 0 Å². The molecule has 0 unspecified atom stereocenters. The molecule has 3 aliphatic rings. The maximum atomic E-state index is 2.63. The number of anilines is 3. The molecule has 73 heavy (non-hydrogen) atoms. The van der Waals surface area contributed by atoms with Crippen molar-refractivity contribution in [2.24, 2.45) is 0 Å². The Morgan fingerprint density at radius 3 is 1.73 bits per heavy atom. The minimum absolute atomic E-state index is 0.142. The Hall–Kier alpha value is -8.21. The number of hydrogen-bond acceptors (Lipinski definition) is 3. The fraction of sp³-hybridized carbons (Fsp3) is 0.0571. The van der Waals surface area contributed by atoms with Crippen molar-refractivity contribution < 1.29 is 0 Å². The van der Waals surface area contributed by atoms with Crippen LogP contribution < -0.4 is 4.90 Å². The van der Waals surface area contributed by atoms with Gasteiger partial charge in [-0.25, -0.2) is 0 Å². The lowest BCUT2D eigenvalue weighted by Gasteiger charge is -2.43. The molecule has 3 heteroatoms. The lowest BCUT2D eigenvalue weighted by atomic mass is 9.66. The first-order valence-electron chi connectivity index (χ1n) is 25.3. The Morgan fingerprint density at radius 2 is 0.932 bits per heavy atom. The first kappa shape index (κ1) is 42.5. The van der Waals surface area contributed by atoms with Crippen LogP contribution in [0.5, 0.6) is 0 Å². The maximum Gasteiger partial charge on any atom is 0.0756 e. The molecule has 0 fully saturated rings. The third-order valence-corrected chi connectivity index (χ3v) is 18.5. The van der Waals surface area contributed by atoms with Crippen LogP contribution in [0.1, 0.15) is 47.2 Å². The molecule has 344 valence electrons. The van der Waals surface area contributed by atoms with E-state index in [0.717, 1.165) is 11.4 Å². The highest BCUT2D eigenvalue weighted by molar-refractivity contribution is 7.99. The van der Waals surface area contributed by atoms with Crippen LogP contribution in [0.3, 0.4) is 0 Å². The average molecular weight is 966 g/mol. The number of benzene rings is 11. The molecular formula is C70H47NS2. The highest BCUT2D eigenvalue weighted by Crippen LogP contribution is 2.67. The topological polar surface area (TPSA) is 3.24 Å². The predicted octanol–water partition coefficient (Wildman–Crippen LogP) is 19.7. The first-order chi connectivity index (χ1) is 36.0. The molecule has 1 aromatic heterocycles. The lowest BCUT2D eigenvalue weighted by Crippen LogP contribution is -2.34. The van der Waals surface area contributed by atoms with E-state index in [1.165, 1.54) is 125 Å². The van der Waals surface area contributed by atoms with Gasteiger partial charge in [0, 0.05) is 46.6 Å². The van der Waals surface area contributed by atoms with Crippen LogP contribution in [0.4, 0.5) is 17.1 Å². The van der Waals surface area contributed by atoms with Crippen LogP contribution in [0.2, 0.25) is 0 Å². The summed E-state index contributed by atoms with van der Waals surface area (Å²) >= 11 is 3.82. The van der Waals surface area contributed by atoms with Gasteiger partial charge in [0.25, 0.3) is 0 Å². The smallest absolute Gasteiger partial charge is 0.0756 e. The monoisotopic (exact) mass is 965 g/mol. The van der Waals surface area contributed by atoms with Crippen LogP contribution in [-0.2, 0) is 10.8 Å². The van der Waals surface area contributed by atoms with Crippen LogP contribution >= 0.6 is 23.1 Å². The van der Waals surface area contributed by atoms with E-state index in [-0.39, 0.29) is 5.41 Å². The van der Waals surface area contributed by atoms with Crippen LogP contribution in [-0.4, -0.2) is 0 Å². The zero-order valence-corrected chi connectivity index (χ0v) is 42.1. The van der Waals surface area contributed by atoms with Gasteiger partial charge < -0.3 is 4.90 Å². The molecule has 0 atom stereocenters. The van der Waals surface area contributed by atoms with E-state index in [2.05, 4.69) is 267 Å². The van der Waals surface area contributed by atoms with E-state index in [1.807, 2.05) is 23.1 Å². The molecule has 0 amide bonds. The van der Waals surface area contributed by atoms with Crippen LogP contribution in [0.15, 0.2) is 259 Å². The molecule has 12 aromatic rings. The van der Waals surface area contributed by atoms with Crippen molar-refractivity contribution in [3.63, 3.8) is 0 Å². The highest BCUT2D eigenvalue weighted by Gasteiger charge is 2.53. The van der Waals surface area contributed by atoms with Gasteiger partial charge in [0.2, 0.25) is 0 Å². The highest BCUT2D eigenvalue weighted by atomic mass is 32.2. The molecule has 1 aliphatic heterocycles. The van der Waals surface area contributed by atoms with Crippen molar-refractivity contribution in [3.05, 3.63) is 282 Å². The molecule has 15 rings (SSSR count). The molecule has 0 radical (unpaired) electrons. The van der Waals surface area contributed by atoms with Crippen LogP contribution in [0.25, 0.3) is 75.8 Å². The molecule has 1 nitrogen and oxygen atoms in total. The second kappa shape index (κ2) is 16.2. The summed E-state index contributed by atoms with van der Waals surface area (Å²) in [7, 11) is 0. The number of rotatable bonds is 6. The summed E-state index contributed by atoms with van der Waals surface area (Å²) in [4.78, 5) is 5.20. The summed E-state index contributed by atoms with van der Waals surface area (Å²) in [5, 5.41) is 2.54. The van der Waals surface area contributed by atoms with E-state index < -0.39 is 5.41 Å². The second-order valence-electron chi connectivity index (χ2n) is 20.3. The summed E-state index contributed by atoms with van der Waals surface area (Å²) in [6, 6.07) is 93.7. The number of nitrogens with zero attached hydrogens (tertiary/aromatic N) is 1. The van der Waals surface area contributed by atoms with E-state index in [1.54, 1.807) is 0 Å². The van der Waals surface area contributed by atoms with Gasteiger partial charge in [-0.2, -0.15) is 0 Å². The van der Waals surface area contributed by atoms with Gasteiger partial charge in [-0.15, -0.1) is 11.3 Å². The molecule has 0 saturated heterocycles. The number of fused-ring (bicyclic) bond motifs is 15. The normalized spacial score (nSPS) is 14.1. The third-order valence-electron chi connectivity index (χ3n) is 16.1. The van der Waals surface area contributed by atoms with Crippen molar-refractivity contribution in [2.45, 2.75) is 34.5 Å². The zero-order chi connectivity index (χ0) is 48.4. The van der Waals surface area contributed by atoms with Crippen molar-refractivity contribution in [1.82, 2.24) is 0 Å². The van der Waals surface area contributed by atoms with E-state index in [0.29, 0.717) is 0 Å². The van der Waals surface area contributed by atoms with Gasteiger partial charge in [0.1, 0.15) is 0 Å². The molecule has 2 heterocycles. The summed E-state index contributed by atoms with van der Waals surface area (Å²) in [5.41, 5.74) is 23.2. The fourth-order valence-corrected chi connectivity index (χ4v) is 15.5. The van der Waals surface area contributed by atoms with Gasteiger partial charge >= 0.3 is 0 Å². The van der Waals surface area contributed by atoms with E-state index >= 15 is 0 Å². The summed E-state index contributed by atoms with van der Waals surface area (Å²) in [6.45, 7) is 4.79. The molecule has 2 aliphatic carbocycles. The van der Waals surface area contributed by atoms with Gasteiger partial charge in [-0.05, 0) is 132 Å². The molecule has 0 bridgehead atoms. The molecule has 1 spiro atoms. The Kier molecular flexibility index (Phi) is 9.40. The largest absolute Gasteiger partial charge is 0.309 e.